The van der Waals surface area contributed by atoms with E-state index in [1.807, 2.05) is 43.0 Å². The Labute approximate surface area is 159 Å². The maximum Gasteiger partial charge on any atom is 0.282 e. The number of amides is 1. The van der Waals surface area contributed by atoms with Crippen molar-refractivity contribution in [3.8, 4) is 0 Å². The van der Waals surface area contributed by atoms with E-state index in [2.05, 4.69) is 0 Å². The molecular weight excluding hydrogens is 362 g/mol. The normalized spacial score (nSPS) is 20.5. The molecule has 0 bridgehead atoms. The molecule has 1 fully saturated rings. The first-order valence-corrected chi connectivity index (χ1v) is 10.1. The zero-order valence-electron chi connectivity index (χ0n) is 14.2. The Morgan fingerprint density at radius 3 is 2.71 bits per heavy atom. The molecule has 0 N–H and O–H groups in total. The van der Waals surface area contributed by atoms with Gasteiger partial charge in [-0.05, 0) is 57.5 Å². The standard InChI is InChI=1S/C18H24ClNO2S2/c1-3-20(4-2)18(21)24-16-11-6-5-10-15(16)22-17(23)13-8-7-9-14(19)12-13/h7-9,12,15-16H,3-6,10-11H2,1-2H3. The Hall–Kier alpha value is -0.780. The van der Waals surface area contributed by atoms with E-state index in [1.54, 1.807) is 0 Å². The molecule has 24 heavy (non-hydrogen) atoms. The fraction of sp³-hybridized carbons (Fsp3) is 0.556. The van der Waals surface area contributed by atoms with Crippen molar-refractivity contribution in [2.45, 2.75) is 50.9 Å². The van der Waals surface area contributed by atoms with Crippen LogP contribution in [0, 0.1) is 0 Å². The van der Waals surface area contributed by atoms with Crippen LogP contribution in [0.25, 0.3) is 0 Å². The van der Waals surface area contributed by atoms with E-state index in [1.165, 1.54) is 11.8 Å². The number of carbonyl (C=O) groups excluding carboxylic acids is 1. The van der Waals surface area contributed by atoms with Gasteiger partial charge in [0.05, 0.1) is 5.25 Å². The van der Waals surface area contributed by atoms with E-state index in [0.717, 1.165) is 44.3 Å². The zero-order valence-corrected chi connectivity index (χ0v) is 16.6. The summed E-state index contributed by atoms with van der Waals surface area (Å²) >= 11 is 12.9. The molecule has 2 unspecified atom stereocenters. The highest BCUT2D eigenvalue weighted by molar-refractivity contribution is 8.14. The van der Waals surface area contributed by atoms with E-state index in [-0.39, 0.29) is 16.6 Å². The number of ether oxygens (including phenoxy) is 1. The summed E-state index contributed by atoms with van der Waals surface area (Å²) in [5.74, 6) is 0. The number of thioether (sulfide) groups is 1. The lowest BCUT2D eigenvalue weighted by Crippen LogP contribution is -2.36. The van der Waals surface area contributed by atoms with Crippen LogP contribution in [0.3, 0.4) is 0 Å². The largest absolute Gasteiger partial charge is 0.478 e. The quantitative estimate of drug-likeness (QED) is 0.622. The van der Waals surface area contributed by atoms with E-state index < -0.39 is 0 Å². The molecule has 1 aliphatic carbocycles. The second-order valence-electron chi connectivity index (χ2n) is 5.83. The number of nitrogens with zero attached hydrogens (tertiary/aromatic N) is 1. The molecule has 1 aromatic rings. The molecule has 2 rings (SSSR count). The Morgan fingerprint density at radius 2 is 2.04 bits per heavy atom. The maximum absolute atomic E-state index is 12.4. The number of hydrogen-bond donors (Lipinski definition) is 0. The van der Waals surface area contributed by atoms with Gasteiger partial charge in [-0.2, -0.15) is 0 Å². The van der Waals surface area contributed by atoms with Gasteiger partial charge in [-0.15, -0.1) is 0 Å². The van der Waals surface area contributed by atoms with Gasteiger partial charge in [-0.25, -0.2) is 0 Å². The van der Waals surface area contributed by atoms with Gasteiger partial charge >= 0.3 is 0 Å². The first-order valence-electron chi connectivity index (χ1n) is 8.47. The highest BCUT2D eigenvalue weighted by Gasteiger charge is 2.31. The van der Waals surface area contributed by atoms with E-state index in [9.17, 15) is 4.79 Å². The third-order valence-electron chi connectivity index (χ3n) is 4.23. The summed E-state index contributed by atoms with van der Waals surface area (Å²) in [6, 6.07) is 7.40. The number of benzene rings is 1. The van der Waals surface area contributed by atoms with Gasteiger partial charge in [0.25, 0.3) is 5.24 Å². The predicted molar refractivity (Wildman–Crippen MR) is 106 cm³/mol. The summed E-state index contributed by atoms with van der Waals surface area (Å²) in [4.78, 5) is 14.3. The SMILES string of the molecule is CCN(CC)C(=O)SC1CCCCC1OC(=S)c1cccc(Cl)c1. The van der Waals surface area contributed by atoms with Crippen molar-refractivity contribution < 1.29 is 9.53 Å². The molecule has 0 saturated heterocycles. The highest BCUT2D eigenvalue weighted by atomic mass is 35.5. The van der Waals surface area contributed by atoms with Crippen LogP contribution in [0.5, 0.6) is 0 Å². The van der Waals surface area contributed by atoms with Crippen molar-refractivity contribution in [3.63, 3.8) is 0 Å². The number of halogens is 1. The van der Waals surface area contributed by atoms with Crippen LogP contribution in [-0.2, 0) is 4.74 Å². The van der Waals surface area contributed by atoms with E-state index >= 15 is 0 Å². The minimum absolute atomic E-state index is 0.0188. The first-order chi connectivity index (χ1) is 11.5. The van der Waals surface area contributed by atoms with Crippen LogP contribution in [0.4, 0.5) is 4.79 Å². The van der Waals surface area contributed by atoms with Gasteiger partial charge in [0.2, 0.25) is 0 Å². The molecule has 2 atom stereocenters. The van der Waals surface area contributed by atoms with Crippen LogP contribution in [0.15, 0.2) is 24.3 Å². The van der Waals surface area contributed by atoms with E-state index in [4.69, 9.17) is 28.6 Å². The Kier molecular flexibility index (Phi) is 7.85. The molecule has 1 aliphatic rings. The lowest BCUT2D eigenvalue weighted by molar-refractivity contribution is 0.154. The summed E-state index contributed by atoms with van der Waals surface area (Å²) in [5.41, 5.74) is 0.821. The molecule has 0 aliphatic heterocycles. The summed E-state index contributed by atoms with van der Waals surface area (Å²) in [7, 11) is 0. The molecule has 0 heterocycles. The summed E-state index contributed by atoms with van der Waals surface area (Å²) in [5, 5.41) is 1.40. The molecule has 1 saturated carbocycles. The minimum Gasteiger partial charge on any atom is -0.478 e. The monoisotopic (exact) mass is 385 g/mol. The molecule has 0 radical (unpaired) electrons. The Balaban J connectivity index is 2.01. The molecular formula is C18H24ClNO2S2. The molecule has 3 nitrogen and oxygen atoms in total. The highest BCUT2D eigenvalue weighted by Crippen LogP contribution is 2.33. The zero-order chi connectivity index (χ0) is 17.5. The van der Waals surface area contributed by atoms with Gasteiger partial charge in [0.1, 0.15) is 6.10 Å². The third-order valence-corrected chi connectivity index (χ3v) is 6.10. The topological polar surface area (TPSA) is 29.5 Å². The number of thiocarbonyl (C=S) groups is 1. The van der Waals surface area contributed by atoms with Gasteiger partial charge in [-0.1, -0.05) is 41.9 Å². The third kappa shape index (κ3) is 5.36. The fourth-order valence-corrected chi connectivity index (χ4v) is 4.57. The maximum atomic E-state index is 12.4. The molecule has 1 amide bonds. The second-order valence-corrected chi connectivity index (χ2v) is 7.83. The average molecular weight is 386 g/mol. The van der Waals surface area contributed by atoms with E-state index in [0.29, 0.717) is 10.1 Å². The molecule has 0 aromatic heterocycles. The van der Waals surface area contributed by atoms with Gasteiger partial charge in [0.15, 0.2) is 5.05 Å². The van der Waals surface area contributed by atoms with Gasteiger partial charge in [-0.3, -0.25) is 4.79 Å². The van der Waals surface area contributed by atoms with Gasteiger partial charge < -0.3 is 9.64 Å². The van der Waals surface area contributed by atoms with Gasteiger partial charge in [0, 0.05) is 23.7 Å². The van der Waals surface area contributed by atoms with Crippen molar-refractivity contribution in [2.24, 2.45) is 0 Å². The fourth-order valence-electron chi connectivity index (χ4n) is 2.84. The molecule has 132 valence electrons. The summed E-state index contributed by atoms with van der Waals surface area (Å²) in [6.07, 6.45) is 4.14. The number of rotatable bonds is 5. The lowest BCUT2D eigenvalue weighted by atomic mass is 9.97. The van der Waals surface area contributed by atoms with Crippen molar-refractivity contribution >= 4 is 45.9 Å². The Morgan fingerprint density at radius 1 is 1.33 bits per heavy atom. The second kappa shape index (κ2) is 9.64. The van der Waals surface area contributed by atoms with Crippen molar-refractivity contribution in [3.05, 3.63) is 34.9 Å². The molecule has 0 spiro atoms. The lowest BCUT2D eigenvalue weighted by Gasteiger charge is -2.32. The average Bonchev–Trinajstić information content (AvgIpc) is 2.57. The summed E-state index contributed by atoms with van der Waals surface area (Å²) < 4.78 is 6.07. The number of hydrogen-bond acceptors (Lipinski definition) is 4. The van der Waals surface area contributed by atoms with Crippen molar-refractivity contribution in [1.29, 1.82) is 0 Å². The molecule has 1 aromatic carbocycles. The Bertz CT molecular complexity index is 578. The smallest absolute Gasteiger partial charge is 0.282 e. The molecule has 6 heteroatoms. The number of carbonyl (C=O) groups is 1. The van der Waals surface area contributed by atoms with Crippen LogP contribution in [0.2, 0.25) is 5.02 Å². The van der Waals surface area contributed by atoms with Crippen LogP contribution >= 0.6 is 35.6 Å². The van der Waals surface area contributed by atoms with Crippen molar-refractivity contribution in [1.82, 2.24) is 4.90 Å². The first kappa shape index (κ1) is 19.5. The minimum atomic E-state index is -0.0188. The van der Waals surface area contributed by atoms with Crippen LogP contribution < -0.4 is 0 Å². The predicted octanol–water partition coefficient (Wildman–Crippen LogP) is 5.54. The van der Waals surface area contributed by atoms with Crippen molar-refractivity contribution in [2.75, 3.05) is 13.1 Å². The summed E-state index contributed by atoms with van der Waals surface area (Å²) in [6.45, 7) is 5.49. The van der Waals surface area contributed by atoms with Crippen LogP contribution in [0.1, 0.15) is 45.1 Å². The van der Waals surface area contributed by atoms with Crippen LogP contribution in [-0.4, -0.2) is 39.6 Å².